The molecule has 0 bridgehead atoms. The summed E-state index contributed by atoms with van der Waals surface area (Å²) in [4.78, 5) is 32.9. The third-order valence-corrected chi connectivity index (χ3v) is 2.50. The van der Waals surface area contributed by atoms with Crippen LogP contribution in [-0.4, -0.2) is 30.0 Å². The number of hydrogen-bond acceptors (Lipinski definition) is 7. The van der Waals surface area contributed by atoms with Gasteiger partial charge in [0.25, 0.3) is 11.6 Å². The second-order valence-corrected chi connectivity index (χ2v) is 4.11. The predicted octanol–water partition coefficient (Wildman–Crippen LogP) is 1.09. The van der Waals surface area contributed by atoms with Gasteiger partial charge in [-0.05, 0) is 19.1 Å². The lowest BCUT2D eigenvalue weighted by Gasteiger charge is -2.05. The van der Waals surface area contributed by atoms with Crippen LogP contribution in [0.15, 0.2) is 36.0 Å². The molecule has 1 aromatic rings. The van der Waals surface area contributed by atoms with Gasteiger partial charge in [-0.2, -0.15) is 5.26 Å². The van der Waals surface area contributed by atoms with Gasteiger partial charge in [-0.3, -0.25) is 19.7 Å². The second-order valence-electron chi connectivity index (χ2n) is 4.11. The Morgan fingerprint density at radius 1 is 1.39 bits per heavy atom. The summed E-state index contributed by atoms with van der Waals surface area (Å²) in [5, 5.41) is 24.4. The first-order chi connectivity index (χ1) is 11.0. The summed E-state index contributed by atoms with van der Waals surface area (Å²) in [7, 11) is 0. The van der Waals surface area contributed by atoms with E-state index in [1.54, 1.807) is 13.0 Å². The lowest BCUT2D eigenvalue weighted by Crippen LogP contribution is -2.22. The van der Waals surface area contributed by atoms with E-state index in [4.69, 9.17) is 5.26 Å². The zero-order chi connectivity index (χ0) is 17.2. The first-order valence-electron chi connectivity index (χ1n) is 6.53. The molecule has 0 aliphatic rings. The van der Waals surface area contributed by atoms with Crippen LogP contribution in [0.25, 0.3) is 0 Å². The number of hydrogen-bond donors (Lipinski definition) is 2. The molecule has 0 aliphatic heterocycles. The number of nitriles is 1. The molecule has 9 nitrogen and oxygen atoms in total. The Balaban J connectivity index is 2.64. The molecule has 0 atom stereocenters. The van der Waals surface area contributed by atoms with Crippen LogP contribution in [0.4, 0.5) is 11.4 Å². The average Bonchev–Trinajstić information content (AvgIpc) is 2.52. The van der Waals surface area contributed by atoms with Gasteiger partial charge in [-0.25, -0.2) is 0 Å². The number of benzene rings is 1. The summed E-state index contributed by atoms with van der Waals surface area (Å²) in [6.07, 6.45) is 1.09. The van der Waals surface area contributed by atoms with E-state index in [9.17, 15) is 19.7 Å². The molecule has 0 aromatic heterocycles. The van der Waals surface area contributed by atoms with Crippen molar-refractivity contribution in [3.63, 3.8) is 0 Å². The molecule has 1 rings (SSSR count). The van der Waals surface area contributed by atoms with Crippen molar-refractivity contribution < 1.29 is 19.2 Å². The van der Waals surface area contributed by atoms with E-state index in [0.717, 1.165) is 6.20 Å². The molecule has 0 radical (unpaired) electrons. The van der Waals surface area contributed by atoms with Gasteiger partial charge < -0.3 is 15.4 Å². The van der Waals surface area contributed by atoms with Gasteiger partial charge in [-0.1, -0.05) is 0 Å². The molecule has 0 fully saturated rings. The van der Waals surface area contributed by atoms with Crippen LogP contribution in [0.2, 0.25) is 0 Å². The van der Waals surface area contributed by atoms with Gasteiger partial charge in [0.15, 0.2) is 0 Å². The van der Waals surface area contributed by atoms with Crippen molar-refractivity contribution in [2.45, 2.75) is 6.92 Å². The second kappa shape index (κ2) is 8.78. The monoisotopic (exact) mass is 318 g/mol. The molecule has 23 heavy (non-hydrogen) atoms. The number of anilines is 1. The Hall–Kier alpha value is -3.41. The van der Waals surface area contributed by atoms with E-state index in [1.165, 1.54) is 24.3 Å². The molecular formula is C14H14N4O5. The minimum Gasteiger partial charge on any atom is -0.465 e. The zero-order valence-electron chi connectivity index (χ0n) is 12.2. The topological polar surface area (TPSA) is 134 Å². The smallest absolute Gasteiger partial charge is 0.325 e. The molecule has 0 saturated heterocycles. The number of amides is 1. The summed E-state index contributed by atoms with van der Waals surface area (Å²) in [5.74, 6) is -1.23. The number of carbonyl (C=O) groups is 2. The highest BCUT2D eigenvalue weighted by Crippen LogP contribution is 2.15. The summed E-state index contributed by atoms with van der Waals surface area (Å²) in [6.45, 7) is 1.71. The van der Waals surface area contributed by atoms with Gasteiger partial charge in [0.05, 0.1) is 11.5 Å². The molecule has 0 spiro atoms. The van der Waals surface area contributed by atoms with Crippen LogP contribution >= 0.6 is 0 Å². The molecule has 1 amide bonds. The highest BCUT2D eigenvalue weighted by molar-refractivity contribution is 6.06. The molecular weight excluding hydrogens is 304 g/mol. The first kappa shape index (κ1) is 17.6. The molecule has 0 saturated carbocycles. The van der Waals surface area contributed by atoms with Crippen molar-refractivity contribution in [3.05, 3.63) is 46.2 Å². The summed E-state index contributed by atoms with van der Waals surface area (Å²) < 4.78 is 4.67. The van der Waals surface area contributed by atoms with Crippen LogP contribution in [0.5, 0.6) is 0 Å². The number of ether oxygens (including phenoxy) is 1. The normalized spacial score (nSPS) is 10.3. The number of carbonyl (C=O) groups excluding carboxylic acids is 2. The maximum absolute atomic E-state index is 11.9. The van der Waals surface area contributed by atoms with Gasteiger partial charge >= 0.3 is 5.97 Å². The number of non-ortho nitro benzene ring substituents is 1. The van der Waals surface area contributed by atoms with Crippen molar-refractivity contribution in [2.75, 3.05) is 18.5 Å². The molecule has 0 unspecified atom stereocenters. The molecule has 0 aliphatic carbocycles. The third kappa shape index (κ3) is 5.84. The largest absolute Gasteiger partial charge is 0.465 e. The Morgan fingerprint density at radius 2 is 2.04 bits per heavy atom. The minimum absolute atomic E-state index is 0.116. The van der Waals surface area contributed by atoms with E-state index < -0.39 is 16.8 Å². The minimum atomic E-state index is -0.710. The van der Waals surface area contributed by atoms with Crippen LogP contribution in [-0.2, 0) is 14.3 Å². The number of nitro benzene ring substituents is 1. The molecule has 120 valence electrons. The molecule has 0 heterocycles. The van der Waals surface area contributed by atoms with E-state index in [-0.39, 0.29) is 24.4 Å². The maximum atomic E-state index is 11.9. The average molecular weight is 318 g/mol. The van der Waals surface area contributed by atoms with Crippen molar-refractivity contribution in [3.8, 4) is 6.07 Å². The van der Waals surface area contributed by atoms with Crippen LogP contribution in [0.3, 0.4) is 0 Å². The number of nitro groups is 1. The summed E-state index contributed by atoms with van der Waals surface area (Å²) in [6, 6.07) is 6.83. The number of esters is 1. The fraction of sp³-hybridized carbons (Fsp3) is 0.214. The van der Waals surface area contributed by atoms with E-state index in [2.05, 4.69) is 15.4 Å². The maximum Gasteiger partial charge on any atom is 0.325 e. The lowest BCUT2D eigenvalue weighted by atomic mass is 10.2. The fourth-order valence-electron chi connectivity index (χ4n) is 1.46. The van der Waals surface area contributed by atoms with E-state index in [0.29, 0.717) is 5.69 Å². The number of nitrogens with zero attached hydrogens (tertiary/aromatic N) is 2. The van der Waals surface area contributed by atoms with Crippen LogP contribution in [0, 0.1) is 21.4 Å². The first-order valence-corrected chi connectivity index (χ1v) is 6.53. The Labute approximate surface area is 131 Å². The Kier molecular flexibility index (Phi) is 6.74. The van der Waals surface area contributed by atoms with Crippen molar-refractivity contribution in [1.29, 1.82) is 5.26 Å². The highest BCUT2D eigenvalue weighted by Gasteiger charge is 2.11. The quantitative estimate of drug-likeness (QED) is 0.252. The lowest BCUT2D eigenvalue weighted by molar-refractivity contribution is -0.384. The van der Waals surface area contributed by atoms with Crippen molar-refractivity contribution >= 4 is 23.3 Å². The predicted molar refractivity (Wildman–Crippen MR) is 80.1 cm³/mol. The summed E-state index contributed by atoms with van der Waals surface area (Å²) in [5.41, 5.74) is -0.0741. The number of nitrogens with one attached hydrogen (secondary N) is 2. The van der Waals surface area contributed by atoms with Crippen molar-refractivity contribution in [1.82, 2.24) is 5.32 Å². The fourth-order valence-corrected chi connectivity index (χ4v) is 1.46. The number of rotatable bonds is 7. The highest BCUT2D eigenvalue weighted by atomic mass is 16.6. The SMILES string of the molecule is CCOC(=O)CN/C=C(/C#N)C(=O)Nc1ccc([N+](=O)[O-])cc1. The van der Waals surface area contributed by atoms with E-state index in [1.807, 2.05) is 0 Å². The van der Waals surface area contributed by atoms with Gasteiger partial charge in [0, 0.05) is 24.0 Å². The van der Waals surface area contributed by atoms with Gasteiger partial charge in [-0.15, -0.1) is 0 Å². The third-order valence-electron chi connectivity index (χ3n) is 2.50. The zero-order valence-corrected chi connectivity index (χ0v) is 12.2. The standard InChI is InChI=1S/C14H14N4O5/c1-2-23-13(19)9-16-8-10(7-15)14(20)17-11-3-5-12(6-4-11)18(21)22/h3-6,8,16H,2,9H2,1H3,(H,17,20)/b10-8-. The molecule has 2 N–H and O–H groups in total. The van der Waals surface area contributed by atoms with Crippen LogP contribution in [0.1, 0.15) is 6.92 Å². The molecule has 1 aromatic carbocycles. The van der Waals surface area contributed by atoms with Gasteiger partial charge in [0.1, 0.15) is 18.2 Å². The van der Waals surface area contributed by atoms with Crippen LogP contribution < -0.4 is 10.6 Å². The van der Waals surface area contributed by atoms with E-state index >= 15 is 0 Å². The van der Waals surface area contributed by atoms with Gasteiger partial charge in [0.2, 0.25) is 0 Å². The summed E-state index contributed by atoms with van der Waals surface area (Å²) >= 11 is 0. The molecule has 9 heteroatoms. The van der Waals surface area contributed by atoms with Crippen molar-refractivity contribution in [2.24, 2.45) is 0 Å². The Bertz CT molecular complexity index is 661. The Morgan fingerprint density at radius 3 is 2.57 bits per heavy atom.